The molecular weight excluding hydrogens is 434 g/mol. The van der Waals surface area contributed by atoms with Gasteiger partial charge >= 0.3 is 0 Å². The Morgan fingerprint density at radius 1 is 1.00 bits per heavy atom. The Morgan fingerprint density at radius 2 is 1.69 bits per heavy atom. The molecule has 0 atom stereocenters. The Kier molecular flexibility index (Phi) is 4.72. The average molecular weight is 445 g/mol. The number of hydrogen-bond donors (Lipinski definition) is 0. The maximum absolute atomic E-state index is 12.5. The van der Waals surface area contributed by atoms with E-state index in [1.165, 1.54) is 15.9 Å². The molecule has 4 rings (SSSR count). The Bertz CT molecular complexity index is 1210. The largest absolute Gasteiger partial charge is 0.291 e. The monoisotopic (exact) mass is 443 g/mol. The van der Waals surface area contributed by atoms with Crippen molar-refractivity contribution >= 4 is 62.1 Å². The van der Waals surface area contributed by atoms with Gasteiger partial charge in [0.2, 0.25) is 4.96 Å². The van der Waals surface area contributed by atoms with Crippen molar-refractivity contribution < 1.29 is 0 Å². The van der Waals surface area contributed by atoms with Crippen molar-refractivity contribution in [2.75, 3.05) is 0 Å². The lowest BCUT2D eigenvalue weighted by molar-refractivity contribution is 0.925. The van der Waals surface area contributed by atoms with Crippen molar-refractivity contribution in [3.8, 4) is 0 Å². The minimum atomic E-state index is -0.161. The number of halogens is 2. The van der Waals surface area contributed by atoms with Crippen LogP contribution in [0.2, 0.25) is 5.02 Å². The van der Waals surface area contributed by atoms with Gasteiger partial charge in [-0.25, -0.2) is 0 Å². The fraction of sp³-hybridized carbons (Fsp3) is 0. The van der Waals surface area contributed by atoms with Crippen molar-refractivity contribution in [3.05, 3.63) is 89.9 Å². The number of rotatable bonds is 3. The molecule has 0 N–H and O–H groups in total. The fourth-order valence-corrected chi connectivity index (χ4v) is 3.68. The average Bonchev–Trinajstić information content (AvgIpc) is 3.16. The highest BCUT2D eigenvalue weighted by atomic mass is 79.9. The van der Waals surface area contributed by atoms with Crippen molar-refractivity contribution in [3.63, 3.8) is 0 Å². The van der Waals surface area contributed by atoms with Crippen LogP contribution in [0.15, 0.2) is 57.8 Å². The number of benzene rings is 2. The number of aromatic nitrogens is 3. The summed E-state index contributed by atoms with van der Waals surface area (Å²) in [6.45, 7) is 0. The molecule has 7 heteroatoms. The molecule has 2 heterocycles. The second-order valence-corrected chi connectivity index (χ2v) is 7.88. The minimum absolute atomic E-state index is 0.161. The highest BCUT2D eigenvalue weighted by molar-refractivity contribution is 9.10. The van der Waals surface area contributed by atoms with Gasteiger partial charge in [0, 0.05) is 9.50 Å². The first-order chi connectivity index (χ1) is 12.6. The molecular formula is C19H11BrClN3OS. The summed E-state index contributed by atoms with van der Waals surface area (Å²) in [4.78, 5) is 17.5. The number of fused-ring (bicyclic) bond motifs is 1. The van der Waals surface area contributed by atoms with Gasteiger partial charge < -0.3 is 0 Å². The third-order valence-corrected chi connectivity index (χ3v) is 5.40. The molecule has 0 aliphatic heterocycles. The molecule has 0 spiro atoms. The molecule has 0 saturated carbocycles. The Morgan fingerprint density at radius 3 is 2.38 bits per heavy atom. The number of thiazole rings is 1. The van der Waals surface area contributed by atoms with Crippen LogP contribution in [0.4, 0.5) is 0 Å². The summed E-state index contributed by atoms with van der Waals surface area (Å²) in [5.74, 6) is 0.499. The third-order valence-electron chi connectivity index (χ3n) is 3.66. The van der Waals surface area contributed by atoms with Gasteiger partial charge in [0.05, 0.1) is 4.53 Å². The van der Waals surface area contributed by atoms with Gasteiger partial charge in [-0.05, 0) is 47.5 Å². The van der Waals surface area contributed by atoms with Crippen molar-refractivity contribution in [1.82, 2.24) is 14.6 Å². The Hall–Kier alpha value is -2.28. The fourth-order valence-electron chi connectivity index (χ4n) is 2.37. The van der Waals surface area contributed by atoms with Crippen molar-refractivity contribution in [2.45, 2.75) is 0 Å². The SMILES string of the molecule is O=c1/c(=C\c2ccc(Br)cc2)sc2nc(/C=C/c3ccc(Cl)cc3)nn12. The van der Waals surface area contributed by atoms with E-state index in [0.717, 1.165) is 15.6 Å². The van der Waals surface area contributed by atoms with E-state index in [9.17, 15) is 4.79 Å². The predicted molar refractivity (Wildman–Crippen MR) is 110 cm³/mol. The summed E-state index contributed by atoms with van der Waals surface area (Å²) in [6, 6.07) is 15.2. The van der Waals surface area contributed by atoms with E-state index in [0.29, 0.717) is 20.3 Å². The maximum atomic E-state index is 12.5. The van der Waals surface area contributed by atoms with E-state index in [2.05, 4.69) is 26.0 Å². The summed E-state index contributed by atoms with van der Waals surface area (Å²) in [5, 5.41) is 4.97. The summed E-state index contributed by atoms with van der Waals surface area (Å²) >= 11 is 10.6. The molecule has 128 valence electrons. The van der Waals surface area contributed by atoms with Gasteiger partial charge in [-0.3, -0.25) is 4.79 Å². The highest BCUT2D eigenvalue weighted by Gasteiger charge is 2.08. The zero-order valence-corrected chi connectivity index (χ0v) is 16.4. The van der Waals surface area contributed by atoms with Crippen LogP contribution in [0.3, 0.4) is 0 Å². The van der Waals surface area contributed by atoms with E-state index in [4.69, 9.17) is 11.6 Å². The lowest BCUT2D eigenvalue weighted by Crippen LogP contribution is -2.23. The van der Waals surface area contributed by atoms with Crippen LogP contribution in [-0.2, 0) is 0 Å². The van der Waals surface area contributed by atoms with Crippen LogP contribution < -0.4 is 10.1 Å². The Labute approximate surface area is 166 Å². The van der Waals surface area contributed by atoms with E-state index in [1.807, 2.05) is 60.7 Å². The van der Waals surface area contributed by atoms with Gasteiger partial charge in [-0.15, -0.1) is 5.10 Å². The van der Waals surface area contributed by atoms with Gasteiger partial charge in [0.25, 0.3) is 5.56 Å². The molecule has 0 fully saturated rings. The Balaban J connectivity index is 1.66. The maximum Gasteiger partial charge on any atom is 0.291 e. The summed E-state index contributed by atoms with van der Waals surface area (Å²) < 4.78 is 2.95. The zero-order valence-electron chi connectivity index (χ0n) is 13.3. The van der Waals surface area contributed by atoms with Crippen molar-refractivity contribution in [2.24, 2.45) is 0 Å². The van der Waals surface area contributed by atoms with E-state index in [1.54, 1.807) is 6.08 Å². The molecule has 4 aromatic rings. The molecule has 0 aliphatic carbocycles. The third kappa shape index (κ3) is 3.62. The molecule has 0 bridgehead atoms. The minimum Gasteiger partial charge on any atom is -0.266 e. The molecule has 0 amide bonds. The van der Waals surface area contributed by atoms with Crippen LogP contribution in [0.25, 0.3) is 23.2 Å². The second-order valence-electron chi connectivity index (χ2n) is 5.52. The number of hydrogen-bond acceptors (Lipinski definition) is 4. The predicted octanol–water partition coefficient (Wildman–Crippen LogP) is 4.29. The molecule has 0 aliphatic rings. The lowest BCUT2D eigenvalue weighted by Gasteiger charge is -1.92. The quantitative estimate of drug-likeness (QED) is 0.474. The van der Waals surface area contributed by atoms with E-state index in [-0.39, 0.29) is 5.56 Å². The summed E-state index contributed by atoms with van der Waals surface area (Å²) in [5.41, 5.74) is 1.78. The van der Waals surface area contributed by atoms with Crippen LogP contribution >= 0.6 is 38.9 Å². The van der Waals surface area contributed by atoms with E-state index >= 15 is 0 Å². The molecule has 2 aromatic carbocycles. The smallest absolute Gasteiger partial charge is 0.266 e. The highest BCUT2D eigenvalue weighted by Crippen LogP contribution is 2.13. The second kappa shape index (κ2) is 7.15. The van der Waals surface area contributed by atoms with E-state index < -0.39 is 0 Å². The van der Waals surface area contributed by atoms with Crippen LogP contribution in [0.1, 0.15) is 17.0 Å². The molecule has 0 saturated heterocycles. The van der Waals surface area contributed by atoms with Crippen LogP contribution in [-0.4, -0.2) is 14.6 Å². The van der Waals surface area contributed by atoms with Gasteiger partial charge in [0.1, 0.15) is 0 Å². The first kappa shape index (κ1) is 17.1. The van der Waals surface area contributed by atoms with Gasteiger partial charge in [-0.2, -0.15) is 9.50 Å². The molecule has 2 aromatic heterocycles. The summed E-state index contributed by atoms with van der Waals surface area (Å²) in [7, 11) is 0. The first-order valence-electron chi connectivity index (χ1n) is 7.69. The van der Waals surface area contributed by atoms with Crippen LogP contribution in [0.5, 0.6) is 0 Å². The molecule has 26 heavy (non-hydrogen) atoms. The lowest BCUT2D eigenvalue weighted by atomic mass is 10.2. The van der Waals surface area contributed by atoms with Gasteiger partial charge in [-0.1, -0.05) is 69.2 Å². The summed E-state index contributed by atoms with van der Waals surface area (Å²) in [6.07, 6.45) is 5.51. The standard InChI is InChI=1S/C19H11BrClN3OS/c20-14-6-1-13(2-7-14)11-16-18(25)24-19(26-16)22-17(23-24)10-5-12-3-8-15(21)9-4-12/h1-11H/b10-5+,16-11+. The topological polar surface area (TPSA) is 47.3 Å². The first-order valence-corrected chi connectivity index (χ1v) is 9.68. The molecule has 4 nitrogen and oxygen atoms in total. The van der Waals surface area contributed by atoms with Gasteiger partial charge in [0.15, 0.2) is 5.82 Å². The molecule has 0 unspecified atom stereocenters. The normalized spacial score (nSPS) is 12.5. The van der Waals surface area contributed by atoms with Crippen molar-refractivity contribution in [1.29, 1.82) is 0 Å². The number of nitrogens with zero attached hydrogens (tertiary/aromatic N) is 3. The zero-order chi connectivity index (χ0) is 18.1. The van der Waals surface area contributed by atoms with Crippen LogP contribution in [0, 0.1) is 0 Å². The molecule has 0 radical (unpaired) electrons.